The lowest BCUT2D eigenvalue weighted by Crippen LogP contribution is -2.51. The molecule has 1 aromatic carbocycles. The first-order valence-electron chi connectivity index (χ1n) is 6.81. The van der Waals surface area contributed by atoms with E-state index in [0.29, 0.717) is 12.1 Å². The molecule has 0 radical (unpaired) electrons. The minimum atomic E-state index is 0.230. The predicted molar refractivity (Wildman–Crippen MR) is 74.7 cm³/mol. The van der Waals surface area contributed by atoms with Gasteiger partial charge in [0.15, 0.2) is 0 Å². The summed E-state index contributed by atoms with van der Waals surface area (Å²) in [4.78, 5) is 2.54. The summed E-state index contributed by atoms with van der Waals surface area (Å²) in [6.45, 7) is 7.25. The molecule has 1 saturated heterocycles. The fraction of sp³-hybridized carbons (Fsp3) is 0.600. The number of nitrogens with one attached hydrogen (secondary N) is 1. The molecule has 1 aliphatic rings. The van der Waals surface area contributed by atoms with Crippen LogP contribution in [-0.4, -0.2) is 43.8 Å². The van der Waals surface area contributed by atoms with Crippen LogP contribution in [0.3, 0.4) is 0 Å². The quantitative estimate of drug-likeness (QED) is 0.882. The van der Waals surface area contributed by atoms with Gasteiger partial charge in [-0.1, -0.05) is 30.3 Å². The van der Waals surface area contributed by atoms with Crippen LogP contribution in [0.2, 0.25) is 0 Å². The highest BCUT2D eigenvalue weighted by Crippen LogP contribution is 2.30. The van der Waals surface area contributed by atoms with Crippen LogP contribution >= 0.6 is 0 Å². The van der Waals surface area contributed by atoms with Crippen molar-refractivity contribution in [2.24, 2.45) is 0 Å². The first-order valence-corrected chi connectivity index (χ1v) is 6.81. The van der Waals surface area contributed by atoms with E-state index in [4.69, 9.17) is 4.74 Å². The van der Waals surface area contributed by atoms with Crippen LogP contribution in [0.5, 0.6) is 0 Å². The Hall–Kier alpha value is -0.900. The second-order valence-corrected chi connectivity index (χ2v) is 5.15. The average molecular weight is 248 g/mol. The molecule has 1 N–H and O–H groups in total. The number of hydrogen-bond donors (Lipinski definition) is 1. The van der Waals surface area contributed by atoms with E-state index in [0.717, 1.165) is 19.7 Å². The third kappa shape index (κ3) is 2.91. The number of morpholine rings is 1. The highest BCUT2D eigenvalue weighted by molar-refractivity contribution is 5.21. The maximum absolute atomic E-state index is 5.96. The number of benzene rings is 1. The minimum absolute atomic E-state index is 0.230. The van der Waals surface area contributed by atoms with E-state index in [1.165, 1.54) is 5.56 Å². The molecule has 0 aromatic heterocycles. The topological polar surface area (TPSA) is 24.5 Å². The predicted octanol–water partition coefficient (Wildman–Crippen LogP) is 2.06. The molecule has 2 unspecified atom stereocenters. The second-order valence-electron chi connectivity index (χ2n) is 5.15. The Balaban J connectivity index is 2.26. The summed E-state index contributed by atoms with van der Waals surface area (Å²) in [5, 5.41) is 3.24. The lowest BCUT2D eigenvalue weighted by molar-refractivity contribution is -0.0815. The third-order valence-corrected chi connectivity index (χ3v) is 3.60. The maximum atomic E-state index is 5.96. The van der Waals surface area contributed by atoms with Crippen molar-refractivity contribution in [1.82, 2.24) is 10.2 Å². The zero-order chi connectivity index (χ0) is 13.0. The van der Waals surface area contributed by atoms with Crippen LogP contribution in [0.15, 0.2) is 30.3 Å². The highest BCUT2D eigenvalue weighted by Gasteiger charge is 2.34. The van der Waals surface area contributed by atoms with Gasteiger partial charge < -0.3 is 10.1 Å². The monoisotopic (exact) mass is 248 g/mol. The SMILES string of the molecule is CNCC1OCCN(C(C)C)C1c1ccccc1. The molecule has 0 amide bonds. The van der Waals surface area contributed by atoms with E-state index in [9.17, 15) is 0 Å². The van der Waals surface area contributed by atoms with Crippen molar-refractivity contribution >= 4 is 0 Å². The van der Waals surface area contributed by atoms with Gasteiger partial charge in [-0.15, -0.1) is 0 Å². The molecule has 100 valence electrons. The van der Waals surface area contributed by atoms with Crippen LogP contribution in [0, 0.1) is 0 Å². The van der Waals surface area contributed by atoms with Gasteiger partial charge in [0.05, 0.1) is 18.8 Å². The van der Waals surface area contributed by atoms with Crippen LogP contribution in [0.1, 0.15) is 25.5 Å². The normalized spacial score (nSPS) is 25.6. The summed E-state index contributed by atoms with van der Waals surface area (Å²) in [7, 11) is 1.99. The van der Waals surface area contributed by atoms with Crippen LogP contribution in [-0.2, 0) is 4.74 Å². The van der Waals surface area contributed by atoms with Crippen molar-refractivity contribution in [2.45, 2.75) is 32.0 Å². The van der Waals surface area contributed by atoms with E-state index in [1.807, 2.05) is 7.05 Å². The molecule has 0 saturated carbocycles. The second kappa shape index (κ2) is 6.32. The Morgan fingerprint density at radius 3 is 2.67 bits per heavy atom. The third-order valence-electron chi connectivity index (χ3n) is 3.60. The Morgan fingerprint density at radius 1 is 1.33 bits per heavy atom. The molecule has 1 fully saturated rings. The van der Waals surface area contributed by atoms with Gasteiger partial charge in [0.1, 0.15) is 0 Å². The Kier molecular flexibility index (Phi) is 4.75. The first kappa shape index (κ1) is 13.5. The molecular weight excluding hydrogens is 224 g/mol. The van der Waals surface area contributed by atoms with Crippen LogP contribution < -0.4 is 5.32 Å². The van der Waals surface area contributed by atoms with Crippen LogP contribution in [0.25, 0.3) is 0 Å². The minimum Gasteiger partial charge on any atom is -0.374 e. The molecule has 18 heavy (non-hydrogen) atoms. The van der Waals surface area contributed by atoms with Crippen molar-refractivity contribution in [1.29, 1.82) is 0 Å². The molecule has 1 aromatic rings. The maximum Gasteiger partial charge on any atom is 0.0896 e. The number of hydrogen-bond acceptors (Lipinski definition) is 3. The van der Waals surface area contributed by atoms with Gasteiger partial charge in [-0.05, 0) is 26.5 Å². The zero-order valence-electron chi connectivity index (χ0n) is 11.6. The van der Waals surface area contributed by atoms with Gasteiger partial charge in [-0.25, -0.2) is 0 Å². The van der Waals surface area contributed by atoms with Crippen molar-refractivity contribution in [3.63, 3.8) is 0 Å². The summed E-state index contributed by atoms with van der Waals surface area (Å²) in [5.74, 6) is 0. The summed E-state index contributed by atoms with van der Waals surface area (Å²) in [5.41, 5.74) is 1.35. The standard InChI is InChI=1S/C15H24N2O/c1-12(2)17-9-10-18-14(11-16-3)15(17)13-7-5-4-6-8-13/h4-8,12,14-16H,9-11H2,1-3H3. The number of nitrogens with zero attached hydrogens (tertiary/aromatic N) is 1. The van der Waals surface area contributed by atoms with E-state index in [-0.39, 0.29) is 6.10 Å². The van der Waals surface area contributed by atoms with Gasteiger partial charge in [0, 0.05) is 19.1 Å². The molecule has 2 atom stereocenters. The first-order chi connectivity index (χ1) is 8.74. The lowest BCUT2D eigenvalue weighted by Gasteiger charge is -2.43. The lowest BCUT2D eigenvalue weighted by atomic mass is 9.96. The molecule has 0 spiro atoms. The Morgan fingerprint density at radius 2 is 2.06 bits per heavy atom. The van der Waals surface area contributed by atoms with Gasteiger partial charge >= 0.3 is 0 Å². The summed E-state index contributed by atoms with van der Waals surface area (Å²) in [6, 6.07) is 11.6. The molecule has 0 aliphatic carbocycles. The molecule has 1 aliphatic heterocycles. The Bertz CT molecular complexity index is 351. The molecule has 3 nitrogen and oxygen atoms in total. The number of ether oxygens (including phenoxy) is 1. The van der Waals surface area contributed by atoms with Crippen LogP contribution in [0.4, 0.5) is 0 Å². The average Bonchev–Trinajstić information content (AvgIpc) is 2.40. The fourth-order valence-electron chi connectivity index (χ4n) is 2.76. The number of likely N-dealkylation sites (N-methyl/N-ethyl adjacent to an activating group) is 1. The molecule has 2 rings (SSSR count). The molecule has 3 heteroatoms. The molecule has 0 bridgehead atoms. The van der Waals surface area contributed by atoms with E-state index < -0.39 is 0 Å². The van der Waals surface area contributed by atoms with Gasteiger partial charge in [-0.3, -0.25) is 4.90 Å². The largest absolute Gasteiger partial charge is 0.374 e. The summed E-state index contributed by atoms with van der Waals surface area (Å²) in [6.07, 6.45) is 0.230. The van der Waals surface area contributed by atoms with Gasteiger partial charge in [-0.2, -0.15) is 0 Å². The van der Waals surface area contributed by atoms with Crippen molar-refractivity contribution in [3.05, 3.63) is 35.9 Å². The number of rotatable bonds is 4. The smallest absolute Gasteiger partial charge is 0.0896 e. The van der Waals surface area contributed by atoms with E-state index >= 15 is 0 Å². The molecular formula is C15H24N2O. The summed E-state index contributed by atoms with van der Waals surface area (Å²) < 4.78 is 5.96. The van der Waals surface area contributed by atoms with Gasteiger partial charge in [0.2, 0.25) is 0 Å². The van der Waals surface area contributed by atoms with Crippen molar-refractivity contribution in [3.8, 4) is 0 Å². The van der Waals surface area contributed by atoms with E-state index in [2.05, 4.69) is 54.4 Å². The van der Waals surface area contributed by atoms with Crippen molar-refractivity contribution < 1.29 is 4.74 Å². The molecule has 1 heterocycles. The zero-order valence-corrected chi connectivity index (χ0v) is 11.6. The van der Waals surface area contributed by atoms with E-state index in [1.54, 1.807) is 0 Å². The summed E-state index contributed by atoms with van der Waals surface area (Å²) >= 11 is 0. The fourth-order valence-corrected chi connectivity index (χ4v) is 2.76. The van der Waals surface area contributed by atoms with Gasteiger partial charge in [0.25, 0.3) is 0 Å². The van der Waals surface area contributed by atoms with Crippen molar-refractivity contribution in [2.75, 3.05) is 26.7 Å². The highest BCUT2D eigenvalue weighted by atomic mass is 16.5. The Labute approximate surface area is 110 Å².